The van der Waals surface area contributed by atoms with E-state index in [1.54, 1.807) is 6.92 Å². The lowest BCUT2D eigenvalue weighted by Gasteiger charge is -2.24. The Labute approximate surface area is 192 Å². The Kier molecular flexibility index (Phi) is 6.93. The summed E-state index contributed by atoms with van der Waals surface area (Å²) < 4.78 is 10.8. The summed E-state index contributed by atoms with van der Waals surface area (Å²) in [4.78, 5) is 37.8. The van der Waals surface area contributed by atoms with Crippen LogP contribution in [0.3, 0.4) is 0 Å². The molecule has 1 aliphatic carbocycles. The zero-order valence-electron chi connectivity index (χ0n) is 18.5. The van der Waals surface area contributed by atoms with E-state index in [9.17, 15) is 19.5 Å². The molecule has 0 spiro atoms. The van der Waals surface area contributed by atoms with Crippen LogP contribution in [-0.2, 0) is 19.1 Å². The predicted molar refractivity (Wildman–Crippen MR) is 121 cm³/mol. The van der Waals surface area contributed by atoms with E-state index in [0.29, 0.717) is 13.2 Å². The van der Waals surface area contributed by atoms with Gasteiger partial charge in [0.2, 0.25) is 5.91 Å². The Balaban J connectivity index is 1.30. The Morgan fingerprint density at radius 2 is 1.76 bits per heavy atom. The van der Waals surface area contributed by atoms with Crippen LogP contribution in [0, 0.1) is 5.92 Å². The number of ether oxygens (including phenoxy) is 2. The molecule has 2 aromatic rings. The van der Waals surface area contributed by atoms with Crippen LogP contribution in [0.15, 0.2) is 48.5 Å². The van der Waals surface area contributed by atoms with Gasteiger partial charge in [-0.15, -0.1) is 0 Å². The number of nitrogens with one attached hydrogen (secondary N) is 1. The largest absolute Gasteiger partial charge is 0.481 e. The minimum Gasteiger partial charge on any atom is -0.481 e. The summed E-state index contributed by atoms with van der Waals surface area (Å²) in [5, 5.41) is 12.0. The Morgan fingerprint density at radius 3 is 2.39 bits per heavy atom. The number of rotatable bonds is 6. The van der Waals surface area contributed by atoms with Crippen molar-refractivity contribution in [2.45, 2.75) is 25.3 Å². The van der Waals surface area contributed by atoms with Crippen molar-refractivity contribution in [1.29, 1.82) is 0 Å². The average Bonchev–Trinajstić information content (AvgIpc) is 2.94. The summed E-state index contributed by atoms with van der Waals surface area (Å²) in [6.45, 7) is 2.75. The van der Waals surface area contributed by atoms with Crippen LogP contribution in [0.1, 0.15) is 30.4 Å². The van der Waals surface area contributed by atoms with Crippen molar-refractivity contribution in [3.05, 3.63) is 59.7 Å². The van der Waals surface area contributed by atoms with Crippen LogP contribution in [0.5, 0.6) is 0 Å². The van der Waals surface area contributed by atoms with E-state index in [4.69, 9.17) is 9.47 Å². The van der Waals surface area contributed by atoms with E-state index < -0.39 is 24.0 Å². The molecule has 0 radical (unpaired) electrons. The van der Waals surface area contributed by atoms with Crippen LogP contribution >= 0.6 is 0 Å². The Bertz CT molecular complexity index is 994. The second-order valence-electron chi connectivity index (χ2n) is 8.52. The van der Waals surface area contributed by atoms with Crippen LogP contribution in [-0.4, -0.2) is 66.9 Å². The SMILES string of the molecule is CC(CC(=O)N1CCOCC(C(=O)O)C1)NC(=O)OCC1c2ccccc2-c2ccccc21. The van der Waals surface area contributed by atoms with Gasteiger partial charge in [-0.2, -0.15) is 0 Å². The number of carbonyl (C=O) groups excluding carboxylic acids is 2. The van der Waals surface area contributed by atoms with Gasteiger partial charge in [-0.05, 0) is 29.2 Å². The standard InChI is InChI=1S/C25H28N2O6/c1-16(12-23(28)27-10-11-32-14-17(13-27)24(29)30)26-25(31)33-15-22-20-8-4-2-6-18(20)19-7-3-5-9-21(19)22/h2-9,16-17,22H,10-15H2,1H3,(H,26,31)(H,29,30). The molecule has 8 heteroatoms. The van der Waals surface area contributed by atoms with E-state index in [0.717, 1.165) is 22.3 Å². The van der Waals surface area contributed by atoms with Crippen molar-refractivity contribution in [3.8, 4) is 11.1 Å². The molecule has 2 amide bonds. The quantitative estimate of drug-likeness (QED) is 0.698. The van der Waals surface area contributed by atoms with Crippen molar-refractivity contribution in [1.82, 2.24) is 10.2 Å². The Hall–Kier alpha value is -3.39. The van der Waals surface area contributed by atoms with Gasteiger partial charge in [-0.3, -0.25) is 9.59 Å². The lowest BCUT2D eigenvalue weighted by molar-refractivity contribution is -0.144. The van der Waals surface area contributed by atoms with Gasteiger partial charge in [0, 0.05) is 31.5 Å². The van der Waals surface area contributed by atoms with Gasteiger partial charge in [-0.25, -0.2) is 4.79 Å². The molecular weight excluding hydrogens is 424 g/mol. The molecule has 4 rings (SSSR count). The van der Waals surface area contributed by atoms with Gasteiger partial charge in [0.1, 0.15) is 6.61 Å². The molecular formula is C25H28N2O6. The molecule has 8 nitrogen and oxygen atoms in total. The molecule has 2 unspecified atom stereocenters. The monoisotopic (exact) mass is 452 g/mol. The number of nitrogens with zero attached hydrogens (tertiary/aromatic N) is 1. The first-order valence-electron chi connectivity index (χ1n) is 11.1. The minimum atomic E-state index is -0.987. The van der Waals surface area contributed by atoms with Crippen LogP contribution in [0.4, 0.5) is 4.79 Å². The number of amides is 2. The molecule has 2 N–H and O–H groups in total. The number of alkyl carbamates (subject to hydrolysis) is 1. The molecule has 1 heterocycles. The molecule has 1 fully saturated rings. The van der Waals surface area contributed by atoms with E-state index in [2.05, 4.69) is 29.6 Å². The van der Waals surface area contributed by atoms with Crippen LogP contribution in [0.25, 0.3) is 11.1 Å². The maximum absolute atomic E-state index is 12.6. The fourth-order valence-corrected chi connectivity index (χ4v) is 4.47. The summed E-state index contributed by atoms with van der Waals surface area (Å²) >= 11 is 0. The topological polar surface area (TPSA) is 105 Å². The van der Waals surface area contributed by atoms with E-state index >= 15 is 0 Å². The first kappa shape index (κ1) is 22.8. The third kappa shape index (κ3) is 5.17. The average molecular weight is 453 g/mol. The van der Waals surface area contributed by atoms with Crippen LogP contribution in [0.2, 0.25) is 0 Å². The molecule has 0 saturated carbocycles. The van der Waals surface area contributed by atoms with E-state index in [-0.39, 0.29) is 38.0 Å². The van der Waals surface area contributed by atoms with Gasteiger partial charge < -0.3 is 24.8 Å². The predicted octanol–water partition coefficient (Wildman–Crippen LogP) is 2.86. The van der Waals surface area contributed by atoms with Gasteiger partial charge in [0.05, 0.1) is 19.1 Å². The number of hydrogen-bond acceptors (Lipinski definition) is 5. The molecule has 33 heavy (non-hydrogen) atoms. The normalized spacial score (nSPS) is 18.6. The summed E-state index contributed by atoms with van der Waals surface area (Å²) in [5.74, 6) is -2.00. The smallest absolute Gasteiger partial charge is 0.407 e. The first-order chi connectivity index (χ1) is 15.9. The van der Waals surface area contributed by atoms with Crippen LogP contribution < -0.4 is 5.32 Å². The van der Waals surface area contributed by atoms with E-state index in [1.165, 1.54) is 4.90 Å². The molecule has 1 saturated heterocycles. The third-order valence-electron chi connectivity index (χ3n) is 6.16. The zero-order valence-corrected chi connectivity index (χ0v) is 18.5. The number of carbonyl (C=O) groups is 3. The molecule has 2 atom stereocenters. The molecule has 174 valence electrons. The highest BCUT2D eigenvalue weighted by Gasteiger charge is 2.30. The van der Waals surface area contributed by atoms with Crippen molar-refractivity contribution < 1.29 is 29.0 Å². The number of hydrogen-bond donors (Lipinski definition) is 2. The van der Waals surface area contributed by atoms with Gasteiger partial charge in [0.25, 0.3) is 0 Å². The Morgan fingerprint density at radius 1 is 1.12 bits per heavy atom. The summed E-state index contributed by atoms with van der Waals surface area (Å²) in [6.07, 6.45) is -0.531. The maximum Gasteiger partial charge on any atom is 0.407 e. The number of carboxylic acid groups (broad SMARTS) is 1. The molecule has 1 aliphatic heterocycles. The summed E-state index contributed by atoms with van der Waals surface area (Å²) in [5.41, 5.74) is 4.57. The molecule has 0 bridgehead atoms. The maximum atomic E-state index is 12.6. The highest BCUT2D eigenvalue weighted by atomic mass is 16.5. The van der Waals surface area contributed by atoms with Gasteiger partial charge in [0.15, 0.2) is 0 Å². The highest BCUT2D eigenvalue weighted by Crippen LogP contribution is 2.44. The lowest BCUT2D eigenvalue weighted by Crippen LogP contribution is -2.42. The fraction of sp³-hybridized carbons (Fsp3) is 0.400. The summed E-state index contributed by atoms with van der Waals surface area (Å²) in [6, 6.07) is 15.8. The van der Waals surface area contributed by atoms with Gasteiger partial charge >= 0.3 is 12.1 Å². The number of carboxylic acids is 1. The van der Waals surface area contributed by atoms with Gasteiger partial charge in [-0.1, -0.05) is 48.5 Å². The van der Waals surface area contributed by atoms with Crippen molar-refractivity contribution in [2.75, 3.05) is 32.9 Å². The number of benzene rings is 2. The zero-order chi connectivity index (χ0) is 23.4. The number of aliphatic carboxylic acids is 1. The van der Waals surface area contributed by atoms with Crippen molar-refractivity contribution >= 4 is 18.0 Å². The summed E-state index contributed by atoms with van der Waals surface area (Å²) in [7, 11) is 0. The van der Waals surface area contributed by atoms with E-state index in [1.807, 2.05) is 24.3 Å². The second-order valence-corrected chi connectivity index (χ2v) is 8.52. The molecule has 0 aromatic heterocycles. The molecule has 2 aliphatic rings. The molecule has 2 aromatic carbocycles. The first-order valence-corrected chi connectivity index (χ1v) is 11.1. The second kappa shape index (κ2) is 10.0. The third-order valence-corrected chi connectivity index (χ3v) is 6.16. The fourth-order valence-electron chi connectivity index (χ4n) is 4.47. The van der Waals surface area contributed by atoms with Crippen molar-refractivity contribution in [2.24, 2.45) is 5.92 Å². The number of fused-ring (bicyclic) bond motifs is 3. The lowest BCUT2D eigenvalue weighted by atomic mass is 9.98. The highest BCUT2D eigenvalue weighted by molar-refractivity contribution is 5.80. The van der Waals surface area contributed by atoms with Crippen molar-refractivity contribution in [3.63, 3.8) is 0 Å². The minimum absolute atomic E-state index is 0.0369.